The SMILES string of the molecule is Cc1coc(S(=O)(=O)c2cnc(NC(=O)c3cccc(Cl)c3O)s2)n1. The van der Waals surface area contributed by atoms with Crippen LogP contribution >= 0.6 is 22.9 Å². The van der Waals surface area contributed by atoms with Crippen molar-refractivity contribution in [3.8, 4) is 5.75 Å². The number of phenolic OH excluding ortho intramolecular Hbond substituents is 1. The minimum absolute atomic E-state index is 0.0225. The van der Waals surface area contributed by atoms with Crippen LogP contribution in [0.15, 0.2) is 44.5 Å². The smallest absolute Gasteiger partial charge is 0.321 e. The van der Waals surface area contributed by atoms with Crippen LogP contribution in [0.25, 0.3) is 0 Å². The molecule has 0 radical (unpaired) electrons. The Morgan fingerprint density at radius 1 is 1.40 bits per heavy atom. The standard InChI is InChI=1S/C14H10ClN3O5S2/c1-7-6-23-14(17-7)25(21,22)10-5-16-13(24-10)18-12(20)8-3-2-4-9(15)11(8)19/h2-6,19H,1H3,(H,16,18,20). The number of hydrogen-bond acceptors (Lipinski definition) is 8. The Kier molecular flexibility index (Phi) is 4.50. The van der Waals surface area contributed by atoms with Gasteiger partial charge in [-0.2, -0.15) is 0 Å². The largest absolute Gasteiger partial charge is 0.506 e. The van der Waals surface area contributed by atoms with E-state index in [4.69, 9.17) is 16.0 Å². The van der Waals surface area contributed by atoms with Gasteiger partial charge in [-0.15, -0.1) is 0 Å². The summed E-state index contributed by atoms with van der Waals surface area (Å²) in [5.74, 6) is -1.05. The number of aromatic hydroxyl groups is 1. The van der Waals surface area contributed by atoms with Crippen molar-refractivity contribution >= 4 is 43.8 Å². The van der Waals surface area contributed by atoms with Gasteiger partial charge in [-0.3, -0.25) is 10.1 Å². The van der Waals surface area contributed by atoms with E-state index in [-0.39, 0.29) is 25.7 Å². The molecule has 2 aromatic heterocycles. The number of aromatic nitrogens is 2. The Balaban J connectivity index is 1.85. The summed E-state index contributed by atoms with van der Waals surface area (Å²) in [6.07, 6.45) is 2.31. The summed E-state index contributed by atoms with van der Waals surface area (Å²) in [6, 6.07) is 4.30. The molecule has 1 aromatic carbocycles. The highest BCUT2D eigenvalue weighted by atomic mass is 35.5. The van der Waals surface area contributed by atoms with Crippen LogP contribution in [0, 0.1) is 6.92 Å². The summed E-state index contributed by atoms with van der Waals surface area (Å²) in [5, 5.41) is 11.8. The minimum atomic E-state index is -3.96. The zero-order valence-electron chi connectivity index (χ0n) is 12.6. The number of hydrogen-bond donors (Lipinski definition) is 2. The molecule has 1 amide bonds. The summed E-state index contributed by atoms with van der Waals surface area (Å²) in [5.41, 5.74) is 0.364. The van der Waals surface area contributed by atoms with Gasteiger partial charge < -0.3 is 9.52 Å². The average molecular weight is 400 g/mol. The molecule has 0 saturated carbocycles. The molecule has 0 aliphatic carbocycles. The first-order valence-electron chi connectivity index (χ1n) is 6.71. The number of thiazole rings is 1. The predicted octanol–water partition coefficient (Wildman–Crippen LogP) is 2.88. The summed E-state index contributed by atoms with van der Waals surface area (Å²) < 4.78 is 29.5. The zero-order chi connectivity index (χ0) is 18.2. The lowest BCUT2D eigenvalue weighted by molar-refractivity contribution is 0.102. The fourth-order valence-corrected chi connectivity index (χ4v) is 4.26. The van der Waals surface area contributed by atoms with Gasteiger partial charge in [0.15, 0.2) is 9.34 Å². The molecule has 2 heterocycles. The van der Waals surface area contributed by atoms with Crippen LogP contribution < -0.4 is 5.32 Å². The van der Waals surface area contributed by atoms with Crippen molar-refractivity contribution in [1.82, 2.24) is 9.97 Å². The molecule has 0 unspecified atom stereocenters. The number of halogens is 1. The van der Waals surface area contributed by atoms with E-state index in [9.17, 15) is 18.3 Å². The summed E-state index contributed by atoms with van der Waals surface area (Å²) in [7, 11) is -3.96. The molecule has 0 aliphatic heterocycles. The first-order chi connectivity index (χ1) is 11.8. The summed E-state index contributed by atoms with van der Waals surface area (Å²) >= 11 is 6.49. The van der Waals surface area contributed by atoms with E-state index in [1.54, 1.807) is 6.92 Å². The lowest BCUT2D eigenvalue weighted by atomic mass is 10.2. The maximum Gasteiger partial charge on any atom is 0.321 e. The second kappa shape index (κ2) is 6.47. The first-order valence-corrected chi connectivity index (χ1v) is 9.38. The van der Waals surface area contributed by atoms with E-state index in [0.717, 1.165) is 17.5 Å². The average Bonchev–Trinajstić information content (AvgIpc) is 3.19. The number of aryl methyl sites for hydroxylation is 1. The third-order valence-electron chi connectivity index (χ3n) is 3.03. The van der Waals surface area contributed by atoms with Crippen molar-refractivity contribution in [1.29, 1.82) is 0 Å². The van der Waals surface area contributed by atoms with Crippen molar-refractivity contribution in [3.63, 3.8) is 0 Å². The van der Waals surface area contributed by atoms with Crippen LogP contribution in [-0.2, 0) is 9.84 Å². The molecule has 0 spiro atoms. The Bertz CT molecular complexity index is 1060. The monoisotopic (exact) mass is 399 g/mol. The van der Waals surface area contributed by atoms with E-state index in [1.165, 1.54) is 24.5 Å². The number of amides is 1. The van der Waals surface area contributed by atoms with Gasteiger partial charge in [0, 0.05) is 0 Å². The topological polar surface area (TPSA) is 122 Å². The molecular formula is C14H10ClN3O5S2. The number of para-hydroxylation sites is 1. The molecule has 0 aliphatic rings. The van der Waals surface area contributed by atoms with Crippen LogP contribution in [0.4, 0.5) is 5.13 Å². The van der Waals surface area contributed by atoms with Crippen LogP contribution in [0.2, 0.25) is 5.02 Å². The lowest BCUT2D eigenvalue weighted by Crippen LogP contribution is -2.11. The second-order valence-corrected chi connectivity index (χ2v) is 8.33. The minimum Gasteiger partial charge on any atom is -0.506 e. The Hall–Kier alpha value is -2.43. The highest BCUT2D eigenvalue weighted by molar-refractivity contribution is 7.93. The fraction of sp³-hybridized carbons (Fsp3) is 0.0714. The summed E-state index contributed by atoms with van der Waals surface area (Å²) in [6.45, 7) is 1.60. The summed E-state index contributed by atoms with van der Waals surface area (Å²) in [4.78, 5) is 19.8. The number of rotatable bonds is 4. The number of anilines is 1. The van der Waals surface area contributed by atoms with E-state index in [1.807, 2.05) is 0 Å². The maximum absolute atomic E-state index is 12.4. The Morgan fingerprint density at radius 2 is 2.16 bits per heavy atom. The number of carbonyl (C=O) groups excluding carboxylic acids is 1. The lowest BCUT2D eigenvalue weighted by Gasteiger charge is -2.05. The molecule has 0 fully saturated rings. The van der Waals surface area contributed by atoms with Gasteiger partial charge in [-0.1, -0.05) is 29.0 Å². The van der Waals surface area contributed by atoms with E-state index >= 15 is 0 Å². The zero-order valence-corrected chi connectivity index (χ0v) is 14.9. The molecule has 3 rings (SSSR count). The van der Waals surface area contributed by atoms with Crippen molar-refractivity contribution in [2.24, 2.45) is 0 Å². The molecule has 8 nitrogen and oxygen atoms in total. The van der Waals surface area contributed by atoms with Gasteiger partial charge in [-0.25, -0.2) is 18.4 Å². The quantitative estimate of drug-likeness (QED) is 0.691. The Labute approximate surface area is 151 Å². The van der Waals surface area contributed by atoms with Crippen molar-refractivity contribution in [3.05, 3.63) is 46.9 Å². The molecule has 0 atom stereocenters. The number of sulfone groups is 1. The fourth-order valence-electron chi connectivity index (χ4n) is 1.85. The van der Waals surface area contributed by atoms with E-state index in [2.05, 4.69) is 15.3 Å². The van der Waals surface area contributed by atoms with E-state index < -0.39 is 21.0 Å². The normalized spacial score (nSPS) is 11.4. The third-order valence-corrected chi connectivity index (χ3v) is 6.23. The molecule has 130 valence electrons. The molecule has 11 heteroatoms. The van der Waals surface area contributed by atoms with Gasteiger partial charge in [0.05, 0.1) is 22.5 Å². The van der Waals surface area contributed by atoms with Crippen LogP contribution in [0.1, 0.15) is 16.1 Å². The van der Waals surface area contributed by atoms with Crippen LogP contribution in [0.3, 0.4) is 0 Å². The number of nitrogens with one attached hydrogen (secondary N) is 1. The van der Waals surface area contributed by atoms with Crippen molar-refractivity contribution in [2.75, 3.05) is 5.32 Å². The third kappa shape index (κ3) is 3.36. The number of carbonyl (C=O) groups is 1. The second-order valence-electron chi connectivity index (χ2n) is 4.83. The maximum atomic E-state index is 12.4. The van der Waals surface area contributed by atoms with Crippen LogP contribution in [-0.4, -0.2) is 29.4 Å². The molecule has 25 heavy (non-hydrogen) atoms. The first kappa shape index (κ1) is 17.4. The van der Waals surface area contributed by atoms with Gasteiger partial charge in [0.1, 0.15) is 12.0 Å². The number of phenols is 1. The van der Waals surface area contributed by atoms with Gasteiger partial charge >= 0.3 is 5.22 Å². The highest BCUT2D eigenvalue weighted by Crippen LogP contribution is 2.30. The van der Waals surface area contributed by atoms with Crippen LogP contribution in [0.5, 0.6) is 5.75 Å². The number of nitrogens with zero attached hydrogens (tertiary/aromatic N) is 2. The van der Waals surface area contributed by atoms with E-state index in [0.29, 0.717) is 5.69 Å². The van der Waals surface area contributed by atoms with Crippen molar-refractivity contribution in [2.45, 2.75) is 16.4 Å². The molecule has 2 N–H and O–H groups in total. The number of oxazole rings is 1. The number of benzene rings is 1. The molecule has 0 saturated heterocycles. The van der Waals surface area contributed by atoms with Gasteiger partial charge in [0.2, 0.25) is 0 Å². The molecule has 3 aromatic rings. The highest BCUT2D eigenvalue weighted by Gasteiger charge is 2.27. The Morgan fingerprint density at radius 3 is 2.84 bits per heavy atom. The van der Waals surface area contributed by atoms with Crippen molar-refractivity contribution < 1.29 is 22.7 Å². The predicted molar refractivity (Wildman–Crippen MR) is 89.9 cm³/mol. The van der Waals surface area contributed by atoms with Gasteiger partial charge in [-0.05, 0) is 19.1 Å². The molecular weight excluding hydrogens is 390 g/mol. The molecule has 0 bridgehead atoms. The van der Waals surface area contributed by atoms with Gasteiger partial charge in [0.25, 0.3) is 15.7 Å².